The van der Waals surface area contributed by atoms with Crippen LogP contribution < -0.4 is 11.5 Å². The summed E-state index contributed by atoms with van der Waals surface area (Å²) in [6.45, 7) is 2.40. The fraction of sp³-hybridized carbons (Fsp3) is 0.364. The third-order valence-electron chi connectivity index (χ3n) is 6.43. The summed E-state index contributed by atoms with van der Waals surface area (Å²) in [7, 11) is 0. The van der Waals surface area contributed by atoms with Crippen LogP contribution in [0.5, 0.6) is 0 Å². The molecule has 3 aromatic heterocycles. The van der Waals surface area contributed by atoms with Crippen molar-refractivity contribution in [2.75, 3.05) is 11.5 Å². The summed E-state index contributed by atoms with van der Waals surface area (Å²) >= 11 is 0. The van der Waals surface area contributed by atoms with E-state index in [0.29, 0.717) is 23.1 Å². The predicted octanol–water partition coefficient (Wildman–Crippen LogP) is 3.74. The van der Waals surface area contributed by atoms with E-state index in [2.05, 4.69) is 45.2 Å². The van der Waals surface area contributed by atoms with E-state index in [0.717, 1.165) is 42.2 Å². The van der Waals surface area contributed by atoms with E-state index in [1.54, 1.807) is 4.52 Å². The van der Waals surface area contributed by atoms with Crippen molar-refractivity contribution in [3.05, 3.63) is 54.0 Å². The Hall–Kier alpha value is -3.22. The summed E-state index contributed by atoms with van der Waals surface area (Å²) in [4.78, 5) is 12.9. The number of nitrogens with two attached hydrogens (primary N) is 2. The summed E-state index contributed by atoms with van der Waals surface area (Å²) in [5.74, 6) is 1.41. The van der Waals surface area contributed by atoms with Gasteiger partial charge >= 0.3 is 0 Å². The Morgan fingerprint density at radius 1 is 1.17 bits per heavy atom. The second-order valence-corrected chi connectivity index (χ2v) is 8.58. The van der Waals surface area contributed by atoms with Gasteiger partial charge in [-0.2, -0.15) is 9.61 Å². The highest BCUT2D eigenvalue weighted by molar-refractivity contribution is 5.80. The minimum Gasteiger partial charge on any atom is -0.384 e. The van der Waals surface area contributed by atoms with Gasteiger partial charge in [0, 0.05) is 10.9 Å². The van der Waals surface area contributed by atoms with Crippen LogP contribution in [0, 0.1) is 5.41 Å². The lowest BCUT2D eigenvalue weighted by molar-refractivity contribution is 0.304. The maximum atomic E-state index is 5.92. The van der Waals surface area contributed by atoms with Gasteiger partial charge in [0.05, 0.1) is 11.7 Å². The Bertz CT molecular complexity index is 1200. The lowest BCUT2D eigenvalue weighted by Crippen LogP contribution is -2.13. The number of fused-ring (bicyclic) bond motifs is 2. The number of pyridine rings is 1. The highest BCUT2D eigenvalue weighted by atomic mass is 15.3. The molecular weight excluding hydrogens is 362 g/mol. The van der Waals surface area contributed by atoms with Crippen molar-refractivity contribution >= 4 is 28.3 Å². The lowest BCUT2D eigenvalue weighted by Gasteiger charge is -2.24. The molecule has 1 unspecified atom stereocenters. The van der Waals surface area contributed by atoms with Gasteiger partial charge in [0.25, 0.3) is 0 Å². The number of nitrogen functional groups attached to an aromatic ring is 2. The fourth-order valence-electron chi connectivity index (χ4n) is 4.73. The normalized spacial score (nSPS) is 21.9. The van der Waals surface area contributed by atoms with Crippen molar-refractivity contribution in [1.29, 1.82) is 0 Å². The van der Waals surface area contributed by atoms with Crippen LogP contribution in [0.2, 0.25) is 0 Å². The first-order valence-corrected chi connectivity index (χ1v) is 10.1. The lowest BCUT2D eigenvalue weighted by atomic mass is 9.81. The molecule has 7 nitrogen and oxygen atoms in total. The van der Waals surface area contributed by atoms with E-state index >= 15 is 0 Å². The second kappa shape index (κ2) is 6.69. The van der Waals surface area contributed by atoms with Crippen LogP contribution in [0.3, 0.4) is 0 Å². The first-order chi connectivity index (χ1) is 14.0. The van der Waals surface area contributed by atoms with Crippen LogP contribution in [-0.4, -0.2) is 24.6 Å². The molecule has 4 N–H and O–H groups in total. The molecule has 0 amide bonds. The number of aromatic nitrogens is 5. The quantitative estimate of drug-likeness (QED) is 0.552. The summed E-state index contributed by atoms with van der Waals surface area (Å²) in [6.07, 6.45) is 9.11. The van der Waals surface area contributed by atoms with E-state index in [1.165, 1.54) is 23.9 Å². The molecule has 1 aliphatic rings. The SMILES string of the molecule is C[C@@]1(CCc2ccc3ccc(N)nc3c2)CCC(c2cnn3c(N)ncnc23)C1. The molecule has 1 aliphatic carbocycles. The van der Waals surface area contributed by atoms with E-state index < -0.39 is 0 Å². The van der Waals surface area contributed by atoms with Gasteiger partial charge in [-0.1, -0.05) is 19.1 Å². The maximum Gasteiger partial charge on any atom is 0.224 e. The Morgan fingerprint density at radius 2 is 2.03 bits per heavy atom. The largest absolute Gasteiger partial charge is 0.384 e. The molecule has 4 aromatic rings. The van der Waals surface area contributed by atoms with Crippen molar-refractivity contribution < 1.29 is 0 Å². The van der Waals surface area contributed by atoms with E-state index in [9.17, 15) is 0 Å². The Labute approximate surface area is 169 Å². The number of rotatable bonds is 4. The van der Waals surface area contributed by atoms with Gasteiger partial charge in [0.1, 0.15) is 12.1 Å². The summed E-state index contributed by atoms with van der Waals surface area (Å²) in [5, 5.41) is 5.52. The molecule has 0 radical (unpaired) electrons. The van der Waals surface area contributed by atoms with E-state index in [4.69, 9.17) is 11.5 Å². The number of hydrogen-bond acceptors (Lipinski definition) is 6. The topological polar surface area (TPSA) is 108 Å². The molecule has 1 fully saturated rings. The first-order valence-electron chi connectivity index (χ1n) is 10.1. The van der Waals surface area contributed by atoms with Crippen molar-refractivity contribution in [3.63, 3.8) is 0 Å². The molecule has 7 heteroatoms. The molecule has 0 spiro atoms. The number of aryl methyl sites for hydroxylation is 1. The zero-order valence-corrected chi connectivity index (χ0v) is 16.5. The number of anilines is 2. The van der Waals surface area contributed by atoms with Gasteiger partial charge in [-0.25, -0.2) is 15.0 Å². The molecule has 0 aliphatic heterocycles. The van der Waals surface area contributed by atoms with E-state index in [-0.39, 0.29) is 0 Å². The molecule has 5 rings (SSSR count). The molecule has 29 heavy (non-hydrogen) atoms. The van der Waals surface area contributed by atoms with Crippen molar-refractivity contribution in [2.24, 2.45) is 5.41 Å². The molecule has 2 atom stereocenters. The van der Waals surface area contributed by atoms with Crippen LogP contribution in [0.15, 0.2) is 42.9 Å². The number of hydrogen-bond donors (Lipinski definition) is 2. The van der Waals surface area contributed by atoms with Gasteiger partial charge in [0.2, 0.25) is 5.95 Å². The van der Waals surface area contributed by atoms with Crippen molar-refractivity contribution in [1.82, 2.24) is 24.6 Å². The molecule has 3 heterocycles. The summed E-state index contributed by atoms with van der Waals surface area (Å²) < 4.78 is 1.64. The predicted molar refractivity (Wildman–Crippen MR) is 114 cm³/mol. The zero-order valence-electron chi connectivity index (χ0n) is 16.5. The second-order valence-electron chi connectivity index (χ2n) is 8.58. The van der Waals surface area contributed by atoms with Crippen LogP contribution in [0.25, 0.3) is 16.6 Å². The zero-order chi connectivity index (χ0) is 20.0. The Morgan fingerprint density at radius 3 is 2.93 bits per heavy atom. The van der Waals surface area contributed by atoms with Gasteiger partial charge in [-0.15, -0.1) is 0 Å². The highest BCUT2D eigenvalue weighted by Gasteiger charge is 2.36. The molecule has 148 valence electrons. The van der Waals surface area contributed by atoms with Gasteiger partial charge < -0.3 is 11.5 Å². The minimum absolute atomic E-state index is 0.301. The summed E-state index contributed by atoms with van der Waals surface area (Å²) in [6, 6.07) is 10.4. The van der Waals surface area contributed by atoms with Gasteiger partial charge in [-0.05, 0) is 67.2 Å². The molecule has 0 saturated heterocycles. The average Bonchev–Trinajstić information content (AvgIpc) is 3.31. The van der Waals surface area contributed by atoms with Gasteiger partial charge in [-0.3, -0.25) is 0 Å². The van der Waals surface area contributed by atoms with Crippen molar-refractivity contribution in [3.8, 4) is 0 Å². The maximum absolute atomic E-state index is 5.92. The monoisotopic (exact) mass is 387 g/mol. The fourth-order valence-corrected chi connectivity index (χ4v) is 4.73. The molecular formula is C22H25N7. The average molecular weight is 387 g/mol. The number of benzene rings is 1. The number of nitrogens with zero attached hydrogens (tertiary/aromatic N) is 5. The standard InChI is InChI=1S/C22H25N7/c1-22(8-6-14-2-3-15-4-5-19(23)28-18(15)10-14)9-7-16(11-22)17-12-27-29-20(17)25-13-26-21(29)24/h2-5,10,12-13,16H,6-9,11H2,1H3,(H2,23,28)(H2,24,25,26)/t16?,22-/m1/s1. The Balaban J connectivity index is 1.31. The molecule has 0 bridgehead atoms. The smallest absolute Gasteiger partial charge is 0.224 e. The third-order valence-corrected chi connectivity index (χ3v) is 6.43. The summed E-state index contributed by atoms with van der Waals surface area (Å²) in [5.41, 5.74) is 16.4. The third kappa shape index (κ3) is 3.26. The van der Waals surface area contributed by atoms with Gasteiger partial charge in [0.15, 0.2) is 5.65 Å². The minimum atomic E-state index is 0.301. The first kappa shape index (κ1) is 17.8. The highest BCUT2D eigenvalue weighted by Crippen LogP contribution is 2.49. The van der Waals surface area contributed by atoms with Crippen LogP contribution in [0.4, 0.5) is 11.8 Å². The molecule has 1 aromatic carbocycles. The van der Waals surface area contributed by atoms with Crippen LogP contribution >= 0.6 is 0 Å². The van der Waals surface area contributed by atoms with Crippen LogP contribution in [-0.2, 0) is 6.42 Å². The van der Waals surface area contributed by atoms with Crippen LogP contribution in [0.1, 0.15) is 49.7 Å². The Kier molecular flexibility index (Phi) is 4.12. The molecule has 1 saturated carbocycles. The van der Waals surface area contributed by atoms with Crippen molar-refractivity contribution in [2.45, 2.75) is 44.9 Å². The van der Waals surface area contributed by atoms with E-state index in [1.807, 2.05) is 18.3 Å².